The van der Waals surface area contributed by atoms with Crippen molar-refractivity contribution in [1.29, 1.82) is 0 Å². The molecule has 1 heterocycles. The standard InChI is InChI=1S/C19H26N4OS/c1-3-11-22(12-17-9-10-17)18(24)14-25-19-21-20-15(2)23(19)13-16-7-5-4-6-8-16/h4-8,17H,3,9-14H2,1-2H3. The van der Waals surface area contributed by atoms with Crippen molar-refractivity contribution >= 4 is 17.7 Å². The minimum absolute atomic E-state index is 0.214. The Kier molecular flexibility index (Phi) is 6.13. The number of nitrogens with zero attached hydrogens (tertiary/aromatic N) is 4. The van der Waals surface area contributed by atoms with Crippen LogP contribution in [0, 0.1) is 12.8 Å². The second-order valence-corrected chi connectivity index (χ2v) is 7.62. The number of thioether (sulfide) groups is 1. The van der Waals surface area contributed by atoms with Crippen LogP contribution in [0.2, 0.25) is 0 Å². The van der Waals surface area contributed by atoms with E-state index in [1.165, 1.54) is 30.2 Å². The first-order valence-corrected chi connectivity index (χ1v) is 10.00. The molecule has 5 nitrogen and oxygen atoms in total. The van der Waals surface area contributed by atoms with Crippen molar-refractivity contribution in [2.45, 2.75) is 44.8 Å². The summed E-state index contributed by atoms with van der Waals surface area (Å²) in [5.74, 6) is 2.25. The van der Waals surface area contributed by atoms with Crippen LogP contribution >= 0.6 is 11.8 Å². The molecule has 1 saturated carbocycles. The molecule has 0 spiro atoms. The van der Waals surface area contributed by atoms with E-state index in [0.29, 0.717) is 5.75 Å². The molecule has 1 fully saturated rings. The third-order valence-electron chi connectivity index (χ3n) is 4.43. The lowest BCUT2D eigenvalue weighted by atomic mass is 10.2. The molecule has 25 heavy (non-hydrogen) atoms. The van der Waals surface area contributed by atoms with Crippen molar-refractivity contribution < 1.29 is 4.79 Å². The number of hydrogen-bond donors (Lipinski definition) is 0. The third-order valence-corrected chi connectivity index (χ3v) is 5.38. The molecule has 6 heteroatoms. The Morgan fingerprint density at radius 3 is 2.72 bits per heavy atom. The average molecular weight is 359 g/mol. The van der Waals surface area contributed by atoms with Crippen LogP contribution in [0.25, 0.3) is 0 Å². The Hall–Kier alpha value is -1.82. The number of amides is 1. The second kappa shape index (κ2) is 8.52. The molecule has 0 atom stereocenters. The second-order valence-electron chi connectivity index (χ2n) is 6.67. The van der Waals surface area contributed by atoms with Crippen LogP contribution < -0.4 is 0 Å². The van der Waals surface area contributed by atoms with Gasteiger partial charge in [-0.15, -0.1) is 10.2 Å². The van der Waals surface area contributed by atoms with Crippen molar-refractivity contribution in [3.63, 3.8) is 0 Å². The van der Waals surface area contributed by atoms with Gasteiger partial charge in [0.15, 0.2) is 5.16 Å². The van der Waals surface area contributed by atoms with Crippen LogP contribution in [0.1, 0.15) is 37.6 Å². The van der Waals surface area contributed by atoms with Gasteiger partial charge in [-0.3, -0.25) is 4.79 Å². The van der Waals surface area contributed by atoms with Gasteiger partial charge in [-0.25, -0.2) is 0 Å². The smallest absolute Gasteiger partial charge is 0.233 e. The molecule has 1 amide bonds. The Bertz CT molecular complexity index is 697. The Morgan fingerprint density at radius 1 is 1.28 bits per heavy atom. The van der Waals surface area contributed by atoms with E-state index in [9.17, 15) is 4.79 Å². The largest absolute Gasteiger partial charge is 0.342 e. The van der Waals surface area contributed by atoms with E-state index in [4.69, 9.17) is 0 Å². The summed E-state index contributed by atoms with van der Waals surface area (Å²) in [4.78, 5) is 14.6. The van der Waals surface area contributed by atoms with Crippen molar-refractivity contribution in [2.75, 3.05) is 18.8 Å². The topological polar surface area (TPSA) is 51.0 Å². The fraction of sp³-hybridized carbons (Fsp3) is 0.526. The normalized spacial score (nSPS) is 13.8. The molecule has 134 valence electrons. The summed E-state index contributed by atoms with van der Waals surface area (Å²) < 4.78 is 2.08. The predicted molar refractivity (Wildman–Crippen MR) is 101 cm³/mol. The zero-order valence-electron chi connectivity index (χ0n) is 15.0. The van der Waals surface area contributed by atoms with Gasteiger partial charge in [-0.05, 0) is 37.7 Å². The Labute approximate surface area is 153 Å². The zero-order valence-corrected chi connectivity index (χ0v) is 15.8. The van der Waals surface area contributed by atoms with Gasteiger partial charge < -0.3 is 9.47 Å². The number of aryl methyl sites for hydroxylation is 1. The van der Waals surface area contributed by atoms with E-state index in [-0.39, 0.29) is 5.91 Å². The van der Waals surface area contributed by atoms with Crippen molar-refractivity contribution in [3.05, 3.63) is 41.7 Å². The van der Waals surface area contributed by atoms with Crippen molar-refractivity contribution in [2.24, 2.45) is 5.92 Å². The van der Waals surface area contributed by atoms with Gasteiger partial charge in [0.25, 0.3) is 0 Å². The lowest BCUT2D eigenvalue weighted by molar-refractivity contribution is -0.128. The molecule has 0 radical (unpaired) electrons. The van der Waals surface area contributed by atoms with Gasteiger partial charge in [-0.2, -0.15) is 0 Å². The lowest BCUT2D eigenvalue weighted by Gasteiger charge is -2.21. The maximum absolute atomic E-state index is 12.6. The molecule has 0 bridgehead atoms. The summed E-state index contributed by atoms with van der Waals surface area (Å²) in [6.45, 7) is 6.59. The van der Waals surface area contributed by atoms with Gasteiger partial charge in [0.2, 0.25) is 5.91 Å². The number of rotatable bonds is 9. The maximum atomic E-state index is 12.6. The highest BCUT2D eigenvalue weighted by Gasteiger charge is 2.26. The quantitative estimate of drug-likeness (QED) is 0.645. The zero-order chi connectivity index (χ0) is 17.6. The summed E-state index contributed by atoms with van der Waals surface area (Å²) in [7, 11) is 0. The van der Waals surface area contributed by atoms with E-state index in [1.54, 1.807) is 0 Å². The summed E-state index contributed by atoms with van der Waals surface area (Å²) >= 11 is 1.50. The highest BCUT2D eigenvalue weighted by Crippen LogP contribution is 2.30. The van der Waals surface area contributed by atoms with Crippen molar-refractivity contribution in [1.82, 2.24) is 19.7 Å². The highest BCUT2D eigenvalue weighted by molar-refractivity contribution is 7.99. The molecule has 1 aromatic heterocycles. The minimum Gasteiger partial charge on any atom is -0.342 e. The Morgan fingerprint density at radius 2 is 2.04 bits per heavy atom. The van der Waals surface area contributed by atoms with Crippen LogP contribution in [0.3, 0.4) is 0 Å². The molecule has 1 aliphatic rings. The van der Waals surface area contributed by atoms with Crippen LogP contribution in [-0.4, -0.2) is 44.4 Å². The van der Waals surface area contributed by atoms with Crippen LogP contribution in [0.5, 0.6) is 0 Å². The first-order chi connectivity index (χ1) is 12.2. The monoisotopic (exact) mass is 358 g/mol. The van der Waals surface area contributed by atoms with Crippen LogP contribution in [-0.2, 0) is 11.3 Å². The minimum atomic E-state index is 0.214. The molecule has 3 rings (SSSR count). The van der Waals surface area contributed by atoms with Gasteiger partial charge in [0.1, 0.15) is 5.82 Å². The fourth-order valence-corrected chi connectivity index (χ4v) is 3.72. The van der Waals surface area contributed by atoms with Gasteiger partial charge in [0.05, 0.1) is 12.3 Å². The van der Waals surface area contributed by atoms with Gasteiger partial charge >= 0.3 is 0 Å². The number of benzene rings is 1. The summed E-state index contributed by atoms with van der Waals surface area (Å²) in [5.41, 5.74) is 1.21. The van der Waals surface area contributed by atoms with Gasteiger partial charge in [-0.1, -0.05) is 49.0 Å². The molecule has 0 unspecified atom stereocenters. The maximum Gasteiger partial charge on any atom is 0.233 e. The predicted octanol–water partition coefficient (Wildman–Crippen LogP) is 3.38. The number of hydrogen-bond acceptors (Lipinski definition) is 4. The lowest BCUT2D eigenvalue weighted by Crippen LogP contribution is -2.35. The van der Waals surface area contributed by atoms with E-state index in [0.717, 1.165) is 43.0 Å². The number of carbonyl (C=O) groups excluding carboxylic acids is 1. The molecule has 1 aromatic carbocycles. The SMILES string of the molecule is CCCN(CC1CC1)C(=O)CSc1nnc(C)n1Cc1ccccc1. The third kappa shape index (κ3) is 5.08. The highest BCUT2D eigenvalue weighted by atomic mass is 32.2. The van der Waals surface area contributed by atoms with E-state index < -0.39 is 0 Å². The summed E-state index contributed by atoms with van der Waals surface area (Å²) in [6, 6.07) is 10.3. The molecular weight excluding hydrogens is 332 g/mol. The molecule has 2 aromatic rings. The molecule has 0 aliphatic heterocycles. The van der Waals surface area contributed by atoms with E-state index in [2.05, 4.69) is 33.8 Å². The molecule has 0 N–H and O–H groups in total. The average Bonchev–Trinajstić information content (AvgIpc) is 3.38. The number of carbonyl (C=O) groups is 1. The first kappa shape index (κ1) is 18.0. The van der Waals surface area contributed by atoms with Crippen LogP contribution in [0.4, 0.5) is 0 Å². The first-order valence-electron chi connectivity index (χ1n) is 9.01. The molecule has 0 saturated heterocycles. The molecular formula is C19H26N4OS. The van der Waals surface area contributed by atoms with E-state index in [1.807, 2.05) is 30.0 Å². The fourth-order valence-electron chi connectivity index (χ4n) is 2.83. The number of aromatic nitrogens is 3. The van der Waals surface area contributed by atoms with Gasteiger partial charge in [0, 0.05) is 13.1 Å². The van der Waals surface area contributed by atoms with Crippen molar-refractivity contribution in [3.8, 4) is 0 Å². The summed E-state index contributed by atoms with van der Waals surface area (Å²) in [5, 5.41) is 9.28. The summed E-state index contributed by atoms with van der Waals surface area (Å²) in [6.07, 6.45) is 3.54. The van der Waals surface area contributed by atoms with Crippen LogP contribution in [0.15, 0.2) is 35.5 Å². The molecule has 1 aliphatic carbocycles. The Balaban J connectivity index is 1.61. The van der Waals surface area contributed by atoms with E-state index >= 15 is 0 Å².